The van der Waals surface area contributed by atoms with Gasteiger partial charge in [-0.15, -0.1) is 0 Å². The lowest BCUT2D eigenvalue weighted by atomic mass is 9.94. The summed E-state index contributed by atoms with van der Waals surface area (Å²) in [5.41, 5.74) is 0. The van der Waals surface area contributed by atoms with E-state index in [2.05, 4.69) is 0 Å². The first-order valence-electron chi connectivity index (χ1n) is 8.58. The molecule has 1 aliphatic heterocycles. The Morgan fingerprint density at radius 2 is 1.24 bits per heavy atom. The van der Waals surface area contributed by atoms with Crippen LogP contribution in [0.2, 0.25) is 0 Å². The molecule has 0 bridgehead atoms. The van der Waals surface area contributed by atoms with Gasteiger partial charge in [0.25, 0.3) is 0 Å². The van der Waals surface area contributed by atoms with Gasteiger partial charge in [-0.1, -0.05) is 0 Å². The molecular weight excluding hydrogens is 396 g/mol. The van der Waals surface area contributed by atoms with Crippen LogP contribution in [-0.4, -0.2) is 78.4 Å². The fourth-order valence-corrected chi connectivity index (χ4v) is 2.73. The predicted octanol–water partition coefficient (Wildman–Crippen LogP) is -1.01. The maximum Gasteiger partial charge on any atom is 0.303 e. The first-order chi connectivity index (χ1) is 13.4. The van der Waals surface area contributed by atoms with Crippen LogP contribution in [0.5, 0.6) is 0 Å². The van der Waals surface area contributed by atoms with Crippen molar-refractivity contribution in [1.29, 1.82) is 0 Å². The van der Waals surface area contributed by atoms with E-state index in [1.54, 1.807) is 0 Å². The van der Waals surface area contributed by atoms with E-state index in [1.165, 1.54) is 0 Å². The highest BCUT2D eigenvalue weighted by Crippen LogP contribution is 2.30. The molecule has 1 rings (SSSR count). The molecule has 1 aliphatic rings. The number of esters is 5. The molecule has 0 aromatic carbocycles. The molecule has 164 valence electrons. The highest BCUT2D eigenvalue weighted by Gasteiger charge is 2.54. The third-order valence-corrected chi connectivity index (χ3v) is 3.59. The number of rotatable bonds is 7. The molecule has 6 atom stereocenters. The Labute approximate surface area is 166 Å². The number of aliphatic hydroxyl groups excluding tert-OH is 1. The van der Waals surface area contributed by atoms with Crippen molar-refractivity contribution in [3.63, 3.8) is 0 Å². The lowest BCUT2D eigenvalue weighted by molar-refractivity contribution is -0.306. The predicted molar refractivity (Wildman–Crippen MR) is 89.7 cm³/mol. The van der Waals surface area contributed by atoms with Crippen LogP contribution < -0.4 is 0 Å². The van der Waals surface area contributed by atoms with Gasteiger partial charge in [-0.2, -0.15) is 0 Å². The Balaban J connectivity index is 3.34. The van der Waals surface area contributed by atoms with Gasteiger partial charge >= 0.3 is 29.8 Å². The largest absolute Gasteiger partial charge is 0.462 e. The molecule has 0 amide bonds. The van der Waals surface area contributed by atoms with E-state index < -0.39 is 73.3 Å². The van der Waals surface area contributed by atoms with Gasteiger partial charge in [0.2, 0.25) is 0 Å². The zero-order valence-electron chi connectivity index (χ0n) is 16.6. The molecule has 1 saturated heterocycles. The van der Waals surface area contributed by atoms with Gasteiger partial charge in [-0.3, -0.25) is 24.0 Å². The average molecular weight is 420 g/mol. The van der Waals surface area contributed by atoms with Gasteiger partial charge in [-0.05, 0) is 0 Å². The molecule has 0 spiro atoms. The summed E-state index contributed by atoms with van der Waals surface area (Å²) in [6.07, 6.45) is -9.10. The summed E-state index contributed by atoms with van der Waals surface area (Å²) < 4.78 is 30.5. The van der Waals surface area contributed by atoms with Crippen molar-refractivity contribution in [2.45, 2.75) is 71.4 Å². The smallest absolute Gasteiger partial charge is 0.303 e. The van der Waals surface area contributed by atoms with E-state index in [0.717, 1.165) is 34.6 Å². The number of ether oxygens (including phenoxy) is 6. The number of aliphatic hydroxyl groups is 1. The number of carbonyl (C=O) groups excluding carboxylic acids is 5. The van der Waals surface area contributed by atoms with Crippen LogP contribution in [0.15, 0.2) is 0 Å². The van der Waals surface area contributed by atoms with Crippen molar-refractivity contribution in [2.24, 2.45) is 0 Å². The van der Waals surface area contributed by atoms with Crippen molar-refractivity contribution >= 4 is 29.8 Å². The maximum absolute atomic E-state index is 11.6. The standard InChI is InChI=1S/C17H24O12/c1-7(18)24-6-12(25-8(2)19)13-14(26-9(3)20)15(27-10(4)21)16(17(23)29-13)28-11(5)22/h12-17,23H,6H2,1-5H3/t12-,13?,14?,15?,16?,17?/m0/s1. The third-order valence-electron chi connectivity index (χ3n) is 3.59. The fourth-order valence-electron chi connectivity index (χ4n) is 2.73. The Morgan fingerprint density at radius 1 is 0.759 bits per heavy atom. The third kappa shape index (κ3) is 7.66. The first-order valence-corrected chi connectivity index (χ1v) is 8.58. The van der Waals surface area contributed by atoms with E-state index in [-0.39, 0.29) is 0 Å². The van der Waals surface area contributed by atoms with Crippen molar-refractivity contribution < 1.29 is 57.5 Å². The molecule has 0 saturated carbocycles. The zero-order valence-corrected chi connectivity index (χ0v) is 16.6. The molecule has 5 unspecified atom stereocenters. The minimum atomic E-state index is -1.84. The summed E-state index contributed by atoms with van der Waals surface area (Å²) in [6.45, 7) is 4.84. The summed E-state index contributed by atoms with van der Waals surface area (Å²) >= 11 is 0. The highest BCUT2D eigenvalue weighted by atomic mass is 16.7. The van der Waals surface area contributed by atoms with Crippen molar-refractivity contribution in [3.05, 3.63) is 0 Å². The Hall–Kier alpha value is -2.73. The normalized spacial score (nSPS) is 27.2. The lowest BCUT2D eigenvalue weighted by Gasteiger charge is -2.44. The number of hydrogen-bond acceptors (Lipinski definition) is 12. The molecule has 12 nitrogen and oxygen atoms in total. The topological polar surface area (TPSA) is 161 Å². The highest BCUT2D eigenvalue weighted by molar-refractivity contribution is 5.69. The van der Waals surface area contributed by atoms with E-state index in [1.807, 2.05) is 0 Å². The summed E-state index contributed by atoms with van der Waals surface area (Å²) in [4.78, 5) is 57.2. The van der Waals surface area contributed by atoms with Gasteiger partial charge in [0.1, 0.15) is 12.7 Å². The van der Waals surface area contributed by atoms with Gasteiger partial charge < -0.3 is 33.5 Å². The summed E-state index contributed by atoms with van der Waals surface area (Å²) in [6, 6.07) is 0. The minimum Gasteiger partial charge on any atom is -0.462 e. The van der Waals surface area contributed by atoms with Gasteiger partial charge in [-0.25, -0.2) is 0 Å². The van der Waals surface area contributed by atoms with E-state index in [0.29, 0.717) is 0 Å². The Morgan fingerprint density at radius 3 is 1.69 bits per heavy atom. The Bertz CT molecular complexity index is 644. The second-order valence-electron chi connectivity index (χ2n) is 6.16. The van der Waals surface area contributed by atoms with Gasteiger partial charge in [0.15, 0.2) is 30.7 Å². The van der Waals surface area contributed by atoms with Gasteiger partial charge in [0, 0.05) is 34.6 Å². The Kier molecular flexibility index (Phi) is 8.98. The molecule has 0 aromatic rings. The second-order valence-corrected chi connectivity index (χ2v) is 6.16. The zero-order chi connectivity index (χ0) is 22.3. The SMILES string of the molecule is CC(=O)OC[C@H](OC(C)=O)C1OC(O)C(OC(C)=O)C(OC(C)=O)C1OC(C)=O. The second kappa shape index (κ2) is 10.7. The summed E-state index contributed by atoms with van der Waals surface area (Å²) in [5.74, 6) is -3.97. The molecule has 0 aliphatic carbocycles. The monoisotopic (exact) mass is 420 g/mol. The van der Waals surface area contributed by atoms with Crippen LogP contribution in [0.3, 0.4) is 0 Å². The molecule has 1 N–H and O–H groups in total. The van der Waals surface area contributed by atoms with E-state index in [4.69, 9.17) is 28.4 Å². The van der Waals surface area contributed by atoms with Gasteiger partial charge in [0.05, 0.1) is 0 Å². The average Bonchev–Trinajstić information content (AvgIpc) is 2.55. The van der Waals surface area contributed by atoms with Crippen LogP contribution in [-0.2, 0) is 52.4 Å². The number of carbonyl (C=O) groups is 5. The number of hydrogen-bond donors (Lipinski definition) is 1. The van der Waals surface area contributed by atoms with Crippen molar-refractivity contribution in [2.75, 3.05) is 6.61 Å². The first kappa shape index (κ1) is 24.3. The van der Waals surface area contributed by atoms with Crippen LogP contribution in [0.4, 0.5) is 0 Å². The van der Waals surface area contributed by atoms with E-state index >= 15 is 0 Å². The molecule has 12 heteroatoms. The van der Waals surface area contributed by atoms with Crippen molar-refractivity contribution in [1.82, 2.24) is 0 Å². The molecule has 29 heavy (non-hydrogen) atoms. The molecule has 0 radical (unpaired) electrons. The van der Waals surface area contributed by atoms with Crippen LogP contribution in [0.1, 0.15) is 34.6 Å². The van der Waals surface area contributed by atoms with Crippen LogP contribution in [0, 0.1) is 0 Å². The van der Waals surface area contributed by atoms with Crippen LogP contribution >= 0.6 is 0 Å². The van der Waals surface area contributed by atoms with Crippen molar-refractivity contribution in [3.8, 4) is 0 Å². The quantitative estimate of drug-likeness (QED) is 0.395. The maximum atomic E-state index is 11.6. The van der Waals surface area contributed by atoms with E-state index in [9.17, 15) is 29.1 Å². The molecule has 1 heterocycles. The minimum absolute atomic E-state index is 0.505. The summed E-state index contributed by atoms with van der Waals surface area (Å²) in [5, 5.41) is 10.3. The molecule has 0 aromatic heterocycles. The molecule has 1 fully saturated rings. The molecular formula is C17H24O12. The van der Waals surface area contributed by atoms with Crippen LogP contribution in [0.25, 0.3) is 0 Å². The lowest BCUT2D eigenvalue weighted by Crippen LogP contribution is -2.64. The fraction of sp³-hybridized carbons (Fsp3) is 0.706. The summed E-state index contributed by atoms with van der Waals surface area (Å²) in [7, 11) is 0.